The van der Waals surface area contributed by atoms with Gasteiger partial charge in [-0.1, -0.05) is 0 Å². The normalized spacial score (nSPS) is 21.6. The number of hydrogen-bond donors (Lipinski definition) is 2. The zero-order valence-electron chi connectivity index (χ0n) is 9.62. The fourth-order valence-electron chi connectivity index (χ4n) is 1.84. The average molecular weight is 337 g/mol. The Kier molecular flexibility index (Phi) is 4.54. The van der Waals surface area contributed by atoms with Gasteiger partial charge in [0.05, 0.1) is 12.9 Å². The summed E-state index contributed by atoms with van der Waals surface area (Å²) in [4.78, 5) is 15.6. The smallest absolute Gasteiger partial charge is 0.289 e. The van der Waals surface area contributed by atoms with Crippen LogP contribution >= 0.6 is 0 Å². The highest BCUT2D eigenvalue weighted by Gasteiger charge is 2.32. The number of imidazole rings is 1. The first-order chi connectivity index (χ1) is 7.27. The van der Waals surface area contributed by atoms with Gasteiger partial charge in [-0.25, -0.2) is 4.98 Å². The molecule has 7 heteroatoms. The Hall–Kier alpha value is -0.830. The minimum Gasteiger partial charge on any atom is -1.00 e. The molecule has 2 heterocycles. The largest absolute Gasteiger partial charge is 1.00 e. The van der Waals surface area contributed by atoms with Crippen molar-refractivity contribution in [1.82, 2.24) is 9.97 Å². The van der Waals surface area contributed by atoms with Crippen LogP contribution in [0.5, 0.6) is 0 Å². The fourth-order valence-corrected chi connectivity index (χ4v) is 1.84. The van der Waals surface area contributed by atoms with Crippen molar-refractivity contribution in [2.75, 3.05) is 32.3 Å². The van der Waals surface area contributed by atoms with Gasteiger partial charge in [0.2, 0.25) is 0 Å². The summed E-state index contributed by atoms with van der Waals surface area (Å²) in [7, 11) is 3.59. The molecule has 6 nitrogen and oxygen atoms in total. The molecule has 0 saturated heterocycles. The summed E-state index contributed by atoms with van der Waals surface area (Å²) < 4.78 is 0. The number of amidine groups is 1. The van der Waals surface area contributed by atoms with E-state index in [0.717, 1.165) is 30.6 Å². The molecule has 0 aromatic carbocycles. The molecule has 16 heavy (non-hydrogen) atoms. The number of oxime groups is 1. The molecule has 0 fully saturated rings. The van der Waals surface area contributed by atoms with Gasteiger partial charge < -0.3 is 38.7 Å². The van der Waals surface area contributed by atoms with Gasteiger partial charge in [-0.05, 0) is 12.1 Å². The van der Waals surface area contributed by atoms with Crippen molar-refractivity contribution in [3.63, 3.8) is 0 Å². The second-order valence-electron chi connectivity index (χ2n) is 3.54. The SMILES string of the molecule is CC[NH+]1CN(C)c2nc[nH]c2C1=NOC.[I-]. The van der Waals surface area contributed by atoms with Crippen molar-refractivity contribution in [1.29, 1.82) is 0 Å². The van der Waals surface area contributed by atoms with E-state index in [-0.39, 0.29) is 24.0 Å². The Bertz CT molecular complexity index is 378. The summed E-state index contributed by atoms with van der Waals surface area (Å²) in [5, 5.41) is 4.07. The van der Waals surface area contributed by atoms with Crippen molar-refractivity contribution in [3.8, 4) is 0 Å². The van der Waals surface area contributed by atoms with Crippen LogP contribution in [0.25, 0.3) is 0 Å². The molecule has 1 aromatic rings. The van der Waals surface area contributed by atoms with Crippen LogP contribution in [-0.2, 0) is 4.84 Å². The molecule has 0 radical (unpaired) electrons. The van der Waals surface area contributed by atoms with Crippen molar-refractivity contribution >= 4 is 11.7 Å². The highest BCUT2D eigenvalue weighted by atomic mass is 127. The van der Waals surface area contributed by atoms with Crippen molar-refractivity contribution in [3.05, 3.63) is 12.0 Å². The minimum absolute atomic E-state index is 0. The number of anilines is 1. The van der Waals surface area contributed by atoms with Gasteiger partial charge in [0.1, 0.15) is 7.11 Å². The third-order valence-corrected chi connectivity index (χ3v) is 2.59. The Morgan fingerprint density at radius 1 is 1.69 bits per heavy atom. The number of aromatic nitrogens is 2. The predicted octanol–water partition coefficient (Wildman–Crippen LogP) is -3.97. The molecule has 0 amide bonds. The van der Waals surface area contributed by atoms with Crippen LogP contribution in [0.3, 0.4) is 0 Å². The van der Waals surface area contributed by atoms with E-state index in [0.29, 0.717) is 0 Å². The molecule has 0 aliphatic carbocycles. The average Bonchev–Trinajstić information content (AvgIpc) is 2.71. The van der Waals surface area contributed by atoms with Gasteiger partial charge in [0, 0.05) is 7.05 Å². The van der Waals surface area contributed by atoms with Crippen LogP contribution in [-0.4, -0.2) is 43.2 Å². The van der Waals surface area contributed by atoms with Crippen molar-refractivity contribution in [2.45, 2.75) is 6.92 Å². The number of quaternary nitrogens is 1. The molecule has 0 saturated carbocycles. The lowest BCUT2D eigenvalue weighted by atomic mass is 10.3. The molecule has 1 aromatic heterocycles. The lowest BCUT2D eigenvalue weighted by Crippen LogP contribution is -3.16. The second-order valence-corrected chi connectivity index (χ2v) is 3.54. The van der Waals surface area contributed by atoms with Crippen LogP contribution in [0.4, 0.5) is 5.82 Å². The van der Waals surface area contributed by atoms with E-state index in [1.807, 2.05) is 7.05 Å². The van der Waals surface area contributed by atoms with Gasteiger partial charge in [-0.2, -0.15) is 0 Å². The molecule has 0 spiro atoms. The van der Waals surface area contributed by atoms with Crippen LogP contribution in [0.1, 0.15) is 12.6 Å². The molecule has 1 aliphatic heterocycles. The quantitative estimate of drug-likeness (QED) is 0.428. The molecule has 1 atom stereocenters. The van der Waals surface area contributed by atoms with E-state index >= 15 is 0 Å². The summed E-state index contributed by atoms with van der Waals surface area (Å²) in [6, 6.07) is 0. The zero-order chi connectivity index (χ0) is 10.8. The Morgan fingerprint density at radius 2 is 2.44 bits per heavy atom. The number of fused-ring (bicyclic) bond motifs is 1. The Balaban J connectivity index is 0.00000128. The highest BCUT2D eigenvalue weighted by molar-refractivity contribution is 5.95. The number of nitrogens with zero attached hydrogens (tertiary/aromatic N) is 3. The minimum atomic E-state index is 0. The maximum atomic E-state index is 4.88. The molecular weight excluding hydrogens is 321 g/mol. The second kappa shape index (κ2) is 5.48. The van der Waals surface area contributed by atoms with Gasteiger partial charge in [0.25, 0.3) is 5.84 Å². The first kappa shape index (κ1) is 13.2. The van der Waals surface area contributed by atoms with E-state index in [9.17, 15) is 0 Å². The van der Waals surface area contributed by atoms with E-state index in [4.69, 9.17) is 4.84 Å². The molecule has 2 rings (SSSR count). The van der Waals surface area contributed by atoms with E-state index in [1.165, 1.54) is 4.90 Å². The molecule has 90 valence electrons. The molecular formula is C9H16IN5O. The van der Waals surface area contributed by atoms with E-state index in [2.05, 4.69) is 26.9 Å². The first-order valence-corrected chi connectivity index (χ1v) is 4.99. The zero-order valence-corrected chi connectivity index (χ0v) is 11.8. The summed E-state index contributed by atoms with van der Waals surface area (Å²) in [6.07, 6.45) is 1.69. The number of aromatic amines is 1. The van der Waals surface area contributed by atoms with E-state index < -0.39 is 0 Å². The highest BCUT2D eigenvalue weighted by Crippen LogP contribution is 2.15. The Morgan fingerprint density at radius 3 is 3.06 bits per heavy atom. The molecule has 1 aliphatic rings. The maximum Gasteiger partial charge on any atom is 0.289 e. The van der Waals surface area contributed by atoms with Crippen LogP contribution < -0.4 is 33.8 Å². The first-order valence-electron chi connectivity index (χ1n) is 4.99. The summed E-state index contributed by atoms with van der Waals surface area (Å²) in [5.41, 5.74) is 0.947. The maximum absolute atomic E-state index is 4.88. The van der Waals surface area contributed by atoms with Crippen molar-refractivity contribution < 1.29 is 33.7 Å². The van der Waals surface area contributed by atoms with Crippen molar-refractivity contribution in [2.24, 2.45) is 5.16 Å². The third-order valence-electron chi connectivity index (χ3n) is 2.59. The molecule has 1 unspecified atom stereocenters. The number of H-pyrrole nitrogens is 1. The topological polar surface area (TPSA) is 58.0 Å². The third kappa shape index (κ3) is 2.14. The summed E-state index contributed by atoms with van der Waals surface area (Å²) in [5.74, 6) is 1.83. The summed E-state index contributed by atoms with van der Waals surface area (Å²) >= 11 is 0. The lowest BCUT2D eigenvalue weighted by Gasteiger charge is -2.29. The molecule has 0 bridgehead atoms. The summed E-state index contributed by atoms with van der Waals surface area (Å²) in [6.45, 7) is 3.94. The Labute approximate surface area is 112 Å². The van der Waals surface area contributed by atoms with E-state index in [1.54, 1.807) is 13.4 Å². The lowest BCUT2D eigenvalue weighted by molar-refractivity contribution is -0.804. The van der Waals surface area contributed by atoms with Crippen LogP contribution in [0, 0.1) is 0 Å². The van der Waals surface area contributed by atoms with Gasteiger partial charge >= 0.3 is 0 Å². The van der Waals surface area contributed by atoms with Gasteiger partial charge in [-0.15, -0.1) is 0 Å². The number of hydrogen-bond acceptors (Lipinski definition) is 4. The van der Waals surface area contributed by atoms with Crippen LogP contribution in [0.15, 0.2) is 11.5 Å². The number of nitrogens with one attached hydrogen (secondary N) is 2. The fraction of sp³-hybridized carbons (Fsp3) is 0.556. The van der Waals surface area contributed by atoms with Gasteiger partial charge in [0.15, 0.2) is 18.2 Å². The predicted molar refractivity (Wildman–Crippen MR) is 56.9 cm³/mol. The van der Waals surface area contributed by atoms with Gasteiger partial charge in [-0.3, -0.25) is 4.90 Å². The standard InChI is InChI=1S/C9H15N5O.HI/c1-4-14-6-13(2)8-7(10-5-11-8)9(14)12-15-3;/h5H,4,6H2,1-3H3,(H,10,11);1H. The molecule has 2 N–H and O–H groups in total. The monoisotopic (exact) mass is 337 g/mol. The van der Waals surface area contributed by atoms with Crippen LogP contribution in [0.2, 0.25) is 0 Å². The number of rotatable bonds is 2. The number of halogens is 1.